The molecule has 8 heteroatoms. The van der Waals surface area contributed by atoms with Gasteiger partial charge in [0, 0.05) is 33.8 Å². The molecule has 0 radical (unpaired) electrons. The van der Waals surface area contributed by atoms with Crippen LogP contribution in [0.3, 0.4) is 0 Å². The van der Waals surface area contributed by atoms with Crippen molar-refractivity contribution in [2.45, 2.75) is 19.0 Å². The molecule has 0 aliphatic carbocycles. The zero-order valence-electron chi connectivity index (χ0n) is 17.6. The van der Waals surface area contributed by atoms with Gasteiger partial charge in [-0.1, -0.05) is 29.3 Å². The predicted molar refractivity (Wildman–Crippen MR) is 137 cm³/mol. The van der Waals surface area contributed by atoms with Crippen molar-refractivity contribution >= 4 is 46.2 Å². The molecule has 5 nitrogen and oxygen atoms in total. The Balaban J connectivity index is 1.70. The largest absolute Gasteiger partial charge is 0.506 e. The van der Waals surface area contributed by atoms with Crippen molar-refractivity contribution in [1.29, 1.82) is 0 Å². The van der Waals surface area contributed by atoms with E-state index in [0.29, 0.717) is 20.8 Å². The number of thiocarbonyl (C=S) groups is 1. The fourth-order valence-electron chi connectivity index (χ4n) is 4.25. The SMILES string of the molecule is Cc1cc(-n2cccc2[C@H]2[C@H](c3ccccn3)NC(=S)N2c2cc(Cl)ccc2O)ccc1Cl. The zero-order valence-corrected chi connectivity index (χ0v) is 19.9. The number of hydrogen-bond acceptors (Lipinski definition) is 3. The number of nitrogens with zero attached hydrogens (tertiary/aromatic N) is 3. The number of nitrogens with one attached hydrogen (secondary N) is 1. The van der Waals surface area contributed by atoms with Gasteiger partial charge in [-0.05, 0) is 85.4 Å². The normalized spacial score (nSPS) is 17.9. The first-order valence-corrected chi connectivity index (χ1v) is 11.5. The summed E-state index contributed by atoms with van der Waals surface area (Å²) >= 11 is 18.3. The highest BCUT2D eigenvalue weighted by Crippen LogP contribution is 2.45. The average molecular weight is 495 g/mol. The van der Waals surface area contributed by atoms with Crippen molar-refractivity contribution < 1.29 is 5.11 Å². The van der Waals surface area contributed by atoms with E-state index < -0.39 is 0 Å². The highest BCUT2D eigenvalue weighted by Gasteiger charge is 2.43. The van der Waals surface area contributed by atoms with E-state index in [1.165, 1.54) is 0 Å². The smallest absolute Gasteiger partial charge is 0.174 e. The van der Waals surface area contributed by atoms with Gasteiger partial charge in [-0.15, -0.1) is 0 Å². The number of phenolic OH excluding ortho intramolecular Hbond substituents is 1. The monoisotopic (exact) mass is 494 g/mol. The summed E-state index contributed by atoms with van der Waals surface area (Å²) in [7, 11) is 0. The van der Waals surface area contributed by atoms with E-state index in [2.05, 4.69) is 20.9 Å². The van der Waals surface area contributed by atoms with Gasteiger partial charge in [-0.25, -0.2) is 0 Å². The molecule has 166 valence electrons. The van der Waals surface area contributed by atoms with Gasteiger partial charge in [-0.3, -0.25) is 4.98 Å². The molecule has 1 aliphatic rings. The fraction of sp³-hybridized carbons (Fsp3) is 0.120. The molecule has 4 aromatic rings. The van der Waals surface area contributed by atoms with Crippen LogP contribution >= 0.6 is 35.4 Å². The first-order chi connectivity index (χ1) is 15.9. The van der Waals surface area contributed by atoms with Crippen LogP contribution < -0.4 is 10.2 Å². The first-order valence-electron chi connectivity index (χ1n) is 10.4. The van der Waals surface area contributed by atoms with Crippen LogP contribution in [-0.4, -0.2) is 19.8 Å². The van der Waals surface area contributed by atoms with Crippen LogP contribution in [0.15, 0.2) is 79.1 Å². The third-order valence-corrected chi connectivity index (χ3v) is 6.77. The Morgan fingerprint density at radius 3 is 2.64 bits per heavy atom. The molecule has 2 aromatic heterocycles. The van der Waals surface area contributed by atoms with Crippen molar-refractivity contribution in [1.82, 2.24) is 14.9 Å². The maximum Gasteiger partial charge on any atom is 0.174 e. The van der Waals surface area contributed by atoms with Gasteiger partial charge in [0.1, 0.15) is 11.8 Å². The molecule has 0 saturated carbocycles. The third-order valence-electron chi connectivity index (χ3n) is 5.80. The molecule has 1 saturated heterocycles. The number of halogens is 2. The van der Waals surface area contributed by atoms with E-state index in [-0.39, 0.29) is 17.8 Å². The number of anilines is 1. The molecule has 0 bridgehead atoms. The van der Waals surface area contributed by atoms with Crippen LogP contribution in [0.5, 0.6) is 5.75 Å². The standard InChI is InChI=1S/C25H20Cl2N4OS/c1-15-13-17(8-9-18(15)27)30-12-4-6-20(30)24-23(19-5-2-3-11-28-19)29-25(33)31(24)21-14-16(26)7-10-22(21)32/h2-14,23-24,32H,1H3,(H,29,33)/t23-,24-/m0/s1. The van der Waals surface area contributed by atoms with E-state index in [4.69, 9.17) is 35.4 Å². The minimum atomic E-state index is -0.303. The molecule has 2 aromatic carbocycles. The van der Waals surface area contributed by atoms with E-state index in [9.17, 15) is 5.11 Å². The van der Waals surface area contributed by atoms with Crippen molar-refractivity contribution in [3.05, 3.63) is 106 Å². The zero-order chi connectivity index (χ0) is 23.1. The van der Waals surface area contributed by atoms with Crippen molar-refractivity contribution in [3.63, 3.8) is 0 Å². The van der Waals surface area contributed by atoms with Crippen molar-refractivity contribution in [3.8, 4) is 11.4 Å². The molecule has 3 heterocycles. The van der Waals surface area contributed by atoms with Crippen LogP contribution in [0, 0.1) is 6.92 Å². The number of pyridine rings is 1. The fourth-order valence-corrected chi connectivity index (χ4v) is 4.88. The van der Waals surface area contributed by atoms with Crippen LogP contribution in [0.4, 0.5) is 5.69 Å². The molecule has 0 amide bonds. The van der Waals surface area contributed by atoms with Gasteiger partial charge in [0.15, 0.2) is 5.11 Å². The lowest BCUT2D eigenvalue weighted by atomic mass is 10.0. The lowest BCUT2D eigenvalue weighted by Crippen LogP contribution is -2.30. The summed E-state index contributed by atoms with van der Waals surface area (Å²) in [5.74, 6) is 0.0932. The first kappa shape index (κ1) is 21.8. The highest BCUT2D eigenvalue weighted by molar-refractivity contribution is 7.80. The van der Waals surface area contributed by atoms with Gasteiger partial charge >= 0.3 is 0 Å². The summed E-state index contributed by atoms with van der Waals surface area (Å²) in [5, 5.41) is 15.8. The van der Waals surface area contributed by atoms with Gasteiger partial charge in [-0.2, -0.15) is 0 Å². The summed E-state index contributed by atoms with van der Waals surface area (Å²) in [6.45, 7) is 1.98. The molecule has 2 N–H and O–H groups in total. The molecular weight excluding hydrogens is 475 g/mol. The third kappa shape index (κ3) is 3.95. The van der Waals surface area contributed by atoms with Crippen LogP contribution in [0.1, 0.15) is 29.0 Å². The van der Waals surface area contributed by atoms with Crippen LogP contribution in [0.25, 0.3) is 5.69 Å². The Hall–Kier alpha value is -3.06. The maximum absolute atomic E-state index is 10.7. The van der Waals surface area contributed by atoms with Gasteiger partial charge in [0.2, 0.25) is 0 Å². The number of hydrogen-bond donors (Lipinski definition) is 2. The lowest BCUT2D eigenvalue weighted by Gasteiger charge is -2.29. The number of aryl methyl sites for hydroxylation is 1. The number of rotatable bonds is 4. The maximum atomic E-state index is 10.7. The van der Waals surface area contributed by atoms with Gasteiger partial charge in [0.05, 0.1) is 17.4 Å². The Morgan fingerprint density at radius 1 is 1.03 bits per heavy atom. The Bertz CT molecular complexity index is 1340. The summed E-state index contributed by atoms with van der Waals surface area (Å²) in [4.78, 5) is 6.49. The minimum absolute atomic E-state index is 0.0932. The predicted octanol–water partition coefficient (Wildman–Crippen LogP) is 6.37. The number of aromatic nitrogens is 2. The average Bonchev–Trinajstić information content (AvgIpc) is 3.42. The van der Waals surface area contributed by atoms with E-state index >= 15 is 0 Å². The molecule has 0 spiro atoms. The lowest BCUT2D eigenvalue weighted by molar-refractivity contribution is 0.472. The number of benzene rings is 2. The molecule has 1 fully saturated rings. The molecule has 33 heavy (non-hydrogen) atoms. The minimum Gasteiger partial charge on any atom is -0.506 e. The molecule has 0 unspecified atom stereocenters. The Kier molecular flexibility index (Phi) is 5.74. The van der Waals surface area contributed by atoms with Gasteiger partial charge in [0.25, 0.3) is 0 Å². The summed E-state index contributed by atoms with van der Waals surface area (Å²) < 4.78 is 2.11. The molecular formula is C25H20Cl2N4OS. The molecule has 2 atom stereocenters. The van der Waals surface area contributed by atoms with Crippen molar-refractivity contribution in [2.75, 3.05) is 4.90 Å². The quantitative estimate of drug-likeness (QED) is 0.322. The number of aromatic hydroxyl groups is 1. The molecule has 1 aliphatic heterocycles. The van der Waals surface area contributed by atoms with E-state index in [0.717, 1.165) is 22.6 Å². The van der Waals surface area contributed by atoms with Crippen molar-refractivity contribution in [2.24, 2.45) is 0 Å². The highest BCUT2D eigenvalue weighted by atomic mass is 35.5. The number of phenols is 1. The van der Waals surface area contributed by atoms with Gasteiger partial charge < -0.3 is 19.9 Å². The molecule has 5 rings (SSSR count). The van der Waals surface area contributed by atoms with Crippen LogP contribution in [-0.2, 0) is 0 Å². The summed E-state index contributed by atoms with van der Waals surface area (Å²) in [6.07, 6.45) is 3.77. The van der Waals surface area contributed by atoms with E-state index in [1.807, 2.05) is 60.5 Å². The van der Waals surface area contributed by atoms with E-state index in [1.54, 1.807) is 24.4 Å². The summed E-state index contributed by atoms with van der Waals surface area (Å²) in [5.41, 5.74) is 4.31. The van der Waals surface area contributed by atoms with Crippen LogP contribution in [0.2, 0.25) is 10.0 Å². The Labute approximate surface area is 207 Å². The second-order valence-electron chi connectivity index (χ2n) is 7.87. The second kappa shape index (κ2) is 8.71. The topological polar surface area (TPSA) is 53.3 Å². The Morgan fingerprint density at radius 2 is 1.88 bits per heavy atom. The second-order valence-corrected chi connectivity index (χ2v) is 9.10. The summed E-state index contributed by atoms with van der Waals surface area (Å²) in [6, 6.07) is 20.2.